The van der Waals surface area contributed by atoms with Gasteiger partial charge in [-0.1, -0.05) is 17.7 Å². The second-order valence-corrected chi connectivity index (χ2v) is 5.55. The highest BCUT2D eigenvalue weighted by atomic mass is 35.5. The summed E-state index contributed by atoms with van der Waals surface area (Å²) in [7, 11) is 2.17. The van der Waals surface area contributed by atoms with E-state index in [1.54, 1.807) is 0 Å². The van der Waals surface area contributed by atoms with Gasteiger partial charge >= 0.3 is 0 Å². The van der Waals surface area contributed by atoms with Gasteiger partial charge in [-0.05, 0) is 44.6 Å². The maximum Gasteiger partial charge on any atom is 0.0642 e. The number of hydrogen-bond acceptors (Lipinski definition) is 3. The molecule has 0 aromatic heterocycles. The first kappa shape index (κ1) is 13.7. The van der Waals surface area contributed by atoms with Crippen molar-refractivity contribution in [2.24, 2.45) is 5.73 Å². The van der Waals surface area contributed by atoms with Crippen LogP contribution in [0.3, 0.4) is 0 Å². The molecule has 1 heterocycles. The quantitative estimate of drug-likeness (QED) is 0.894. The molecule has 0 unspecified atom stereocenters. The molecule has 0 bridgehead atoms. The van der Waals surface area contributed by atoms with E-state index in [9.17, 15) is 0 Å². The largest absolute Gasteiger partial charge is 0.369 e. The highest BCUT2D eigenvalue weighted by Crippen LogP contribution is 2.29. The average Bonchev–Trinajstić information content (AvgIpc) is 2.54. The van der Waals surface area contributed by atoms with Gasteiger partial charge in [0.2, 0.25) is 0 Å². The Hall–Kier alpha value is -0.770. The first-order valence-corrected chi connectivity index (χ1v) is 6.94. The Morgan fingerprint density at radius 2 is 2.00 bits per heavy atom. The summed E-state index contributed by atoms with van der Waals surface area (Å²) in [4.78, 5) is 4.74. The molecule has 1 saturated heterocycles. The lowest BCUT2D eigenvalue weighted by Crippen LogP contribution is -2.28. The van der Waals surface area contributed by atoms with Crippen LogP contribution in [-0.4, -0.2) is 38.1 Å². The maximum absolute atomic E-state index is 6.39. The molecule has 18 heavy (non-hydrogen) atoms. The van der Waals surface area contributed by atoms with Crippen molar-refractivity contribution in [2.45, 2.75) is 19.4 Å². The third-order valence-electron chi connectivity index (χ3n) is 3.56. The Morgan fingerprint density at radius 1 is 1.22 bits per heavy atom. The van der Waals surface area contributed by atoms with Gasteiger partial charge in [0, 0.05) is 25.7 Å². The topological polar surface area (TPSA) is 32.5 Å². The highest BCUT2D eigenvalue weighted by molar-refractivity contribution is 6.33. The summed E-state index contributed by atoms with van der Waals surface area (Å²) in [5.41, 5.74) is 8.10. The summed E-state index contributed by atoms with van der Waals surface area (Å²) in [6.45, 7) is 6.33. The van der Waals surface area contributed by atoms with Crippen molar-refractivity contribution in [3.63, 3.8) is 0 Å². The molecule has 100 valence electrons. The van der Waals surface area contributed by atoms with Crippen molar-refractivity contribution >= 4 is 17.3 Å². The molecule has 0 saturated carbocycles. The van der Waals surface area contributed by atoms with Crippen LogP contribution in [0.25, 0.3) is 0 Å². The molecule has 0 aliphatic carbocycles. The van der Waals surface area contributed by atoms with Gasteiger partial charge in [0.15, 0.2) is 0 Å². The summed E-state index contributed by atoms with van der Waals surface area (Å²) < 4.78 is 0. The number of halogens is 1. The number of anilines is 1. The normalized spacial score (nSPS) is 19.7. The molecule has 1 aromatic carbocycles. The van der Waals surface area contributed by atoms with E-state index >= 15 is 0 Å². The van der Waals surface area contributed by atoms with Crippen LogP contribution < -0.4 is 10.6 Å². The Bertz CT molecular complexity index is 406. The van der Waals surface area contributed by atoms with Gasteiger partial charge < -0.3 is 15.5 Å². The molecular weight excluding hydrogens is 246 g/mol. The lowest BCUT2D eigenvalue weighted by Gasteiger charge is -2.24. The molecule has 2 rings (SSSR count). The van der Waals surface area contributed by atoms with Crippen LogP contribution >= 0.6 is 11.6 Å². The molecule has 0 radical (unpaired) electrons. The molecular formula is C14H22ClN3. The van der Waals surface area contributed by atoms with E-state index < -0.39 is 0 Å². The van der Waals surface area contributed by atoms with E-state index in [0.717, 1.165) is 42.5 Å². The van der Waals surface area contributed by atoms with E-state index in [0.29, 0.717) is 0 Å². The first-order valence-electron chi connectivity index (χ1n) is 6.56. The minimum atomic E-state index is 0.0341. The van der Waals surface area contributed by atoms with Crippen molar-refractivity contribution in [3.05, 3.63) is 28.8 Å². The Kier molecular flexibility index (Phi) is 4.49. The Morgan fingerprint density at radius 3 is 2.67 bits per heavy atom. The Balaban J connectivity index is 2.17. The molecule has 1 aliphatic rings. The smallest absolute Gasteiger partial charge is 0.0642 e. The van der Waals surface area contributed by atoms with E-state index in [1.807, 2.05) is 13.0 Å². The predicted molar refractivity (Wildman–Crippen MR) is 78.4 cm³/mol. The molecule has 0 spiro atoms. The fourth-order valence-corrected chi connectivity index (χ4v) is 2.66. The van der Waals surface area contributed by atoms with Crippen molar-refractivity contribution in [3.8, 4) is 0 Å². The molecule has 1 aliphatic heterocycles. The van der Waals surface area contributed by atoms with Crippen LogP contribution in [0.1, 0.15) is 24.9 Å². The van der Waals surface area contributed by atoms with Gasteiger partial charge in [-0.15, -0.1) is 0 Å². The maximum atomic E-state index is 6.39. The first-order chi connectivity index (χ1) is 8.58. The molecule has 1 aromatic rings. The van der Waals surface area contributed by atoms with Crippen LogP contribution in [0.5, 0.6) is 0 Å². The monoisotopic (exact) mass is 267 g/mol. The lowest BCUT2D eigenvalue weighted by atomic mass is 10.1. The summed E-state index contributed by atoms with van der Waals surface area (Å²) >= 11 is 6.39. The minimum Gasteiger partial charge on any atom is -0.369 e. The zero-order chi connectivity index (χ0) is 13.1. The zero-order valence-electron chi connectivity index (χ0n) is 11.2. The second kappa shape index (κ2) is 5.91. The number of nitrogens with zero attached hydrogens (tertiary/aromatic N) is 2. The van der Waals surface area contributed by atoms with Gasteiger partial charge in [0.25, 0.3) is 0 Å². The molecule has 1 atom stereocenters. The van der Waals surface area contributed by atoms with E-state index in [1.165, 1.54) is 6.42 Å². The number of rotatable bonds is 2. The van der Waals surface area contributed by atoms with Gasteiger partial charge in [0.05, 0.1) is 10.7 Å². The van der Waals surface area contributed by atoms with Crippen LogP contribution in [0.4, 0.5) is 5.69 Å². The van der Waals surface area contributed by atoms with Crippen molar-refractivity contribution in [2.75, 3.05) is 38.1 Å². The zero-order valence-corrected chi connectivity index (χ0v) is 12.0. The lowest BCUT2D eigenvalue weighted by molar-refractivity contribution is 0.360. The van der Waals surface area contributed by atoms with Crippen molar-refractivity contribution < 1.29 is 0 Å². The van der Waals surface area contributed by atoms with Crippen molar-refractivity contribution in [1.82, 2.24) is 4.90 Å². The number of nitrogens with two attached hydrogens (primary N) is 1. The van der Waals surface area contributed by atoms with E-state index in [4.69, 9.17) is 17.3 Å². The highest BCUT2D eigenvalue weighted by Gasteiger charge is 2.15. The standard InChI is InChI=1S/C14H22ClN3/c1-11(16)12-4-5-14(13(15)10-12)18-7-3-6-17(2)8-9-18/h4-5,10-11H,3,6-9,16H2,1-2H3/t11-/m1/s1. The van der Waals surface area contributed by atoms with Crippen LogP contribution in [0, 0.1) is 0 Å². The molecule has 1 fully saturated rings. The SMILES string of the molecule is C[C@@H](N)c1ccc(N2CCCN(C)CC2)c(Cl)c1. The van der Waals surface area contributed by atoms with Crippen LogP contribution in [0.15, 0.2) is 18.2 Å². The number of likely N-dealkylation sites (N-methyl/N-ethyl adjacent to an activating group) is 1. The molecule has 0 amide bonds. The fourth-order valence-electron chi connectivity index (χ4n) is 2.35. The van der Waals surface area contributed by atoms with Crippen LogP contribution in [-0.2, 0) is 0 Å². The third kappa shape index (κ3) is 3.16. The van der Waals surface area contributed by atoms with Gasteiger partial charge in [-0.25, -0.2) is 0 Å². The summed E-state index contributed by atoms with van der Waals surface area (Å²) in [5, 5.41) is 0.814. The minimum absolute atomic E-state index is 0.0341. The van der Waals surface area contributed by atoms with E-state index in [2.05, 4.69) is 29.0 Å². The van der Waals surface area contributed by atoms with Gasteiger partial charge in [-0.2, -0.15) is 0 Å². The second-order valence-electron chi connectivity index (χ2n) is 5.14. The van der Waals surface area contributed by atoms with Crippen molar-refractivity contribution in [1.29, 1.82) is 0 Å². The predicted octanol–water partition coefficient (Wildman–Crippen LogP) is 2.50. The van der Waals surface area contributed by atoms with Gasteiger partial charge in [0.1, 0.15) is 0 Å². The average molecular weight is 268 g/mol. The number of hydrogen-bond donors (Lipinski definition) is 1. The Labute approximate surface area is 115 Å². The van der Waals surface area contributed by atoms with E-state index in [-0.39, 0.29) is 6.04 Å². The summed E-state index contributed by atoms with van der Waals surface area (Å²) in [5.74, 6) is 0. The summed E-state index contributed by atoms with van der Waals surface area (Å²) in [6, 6.07) is 6.22. The molecule has 3 nitrogen and oxygen atoms in total. The number of benzene rings is 1. The van der Waals surface area contributed by atoms with Crippen LogP contribution in [0.2, 0.25) is 5.02 Å². The fraction of sp³-hybridized carbons (Fsp3) is 0.571. The molecule has 2 N–H and O–H groups in total. The molecule has 4 heteroatoms. The third-order valence-corrected chi connectivity index (χ3v) is 3.86. The summed E-state index contributed by atoms with van der Waals surface area (Å²) in [6.07, 6.45) is 1.18. The van der Waals surface area contributed by atoms with Gasteiger partial charge in [-0.3, -0.25) is 0 Å².